The molecule has 0 saturated heterocycles. The molecule has 0 aromatic heterocycles. The van der Waals surface area contributed by atoms with Crippen molar-refractivity contribution in [1.82, 2.24) is 0 Å². The molecule has 0 spiro atoms. The normalized spacial score (nSPS) is 15.3. The average molecular weight is 841 g/mol. The van der Waals surface area contributed by atoms with Crippen LogP contribution >= 0.6 is 43.5 Å². The van der Waals surface area contributed by atoms with E-state index in [1.165, 1.54) is 28.7 Å². The maximum Gasteiger partial charge on any atom is 0.0657 e. The van der Waals surface area contributed by atoms with Crippen molar-refractivity contribution in [3.63, 3.8) is 0 Å². The van der Waals surface area contributed by atoms with Crippen molar-refractivity contribution in [2.75, 3.05) is 9.80 Å². The van der Waals surface area contributed by atoms with Crippen LogP contribution in [0.2, 0.25) is 5.02 Å². The third-order valence-electron chi connectivity index (χ3n) is 10.9. The number of benzene rings is 5. The lowest BCUT2D eigenvalue weighted by molar-refractivity contribution is 0.332. The van der Waals surface area contributed by atoms with E-state index in [1.54, 1.807) is 0 Å². The smallest absolute Gasteiger partial charge is 0.0657 e. The number of nitrogens with zero attached hydrogens (tertiary/aromatic N) is 2. The van der Waals surface area contributed by atoms with E-state index in [1.807, 2.05) is 12.1 Å². The average Bonchev–Trinajstić information content (AvgIpc) is 3.06. The highest BCUT2D eigenvalue weighted by Gasteiger charge is 2.38. The van der Waals surface area contributed by atoms with E-state index in [0.717, 1.165) is 55.1 Å². The van der Waals surface area contributed by atoms with E-state index in [9.17, 15) is 0 Å². The Hall–Kier alpha value is -3.05. The Bertz CT molecular complexity index is 2120. The zero-order chi connectivity index (χ0) is 38.0. The molecular weight excluding hydrogens is 788 g/mol. The first kappa shape index (κ1) is 38.7. The van der Waals surface area contributed by atoms with Crippen LogP contribution in [0.3, 0.4) is 0 Å². The lowest BCUT2D eigenvalue weighted by Gasteiger charge is -2.42. The Morgan fingerprint density at radius 3 is 1.71 bits per heavy atom. The molecule has 0 unspecified atom stereocenters. The Balaban J connectivity index is 1.66. The van der Waals surface area contributed by atoms with Gasteiger partial charge in [-0.05, 0) is 174 Å². The van der Waals surface area contributed by atoms with Crippen molar-refractivity contribution in [3.8, 4) is 0 Å². The van der Waals surface area contributed by atoms with Gasteiger partial charge in [-0.15, -0.1) is 0 Å². The minimum absolute atomic E-state index is 0.00733. The second kappa shape index (κ2) is 14.0. The molecule has 0 saturated carbocycles. The summed E-state index contributed by atoms with van der Waals surface area (Å²) in [5.41, 5.74) is 13.2. The van der Waals surface area contributed by atoms with Gasteiger partial charge in [0.15, 0.2) is 0 Å². The quantitative estimate of drug-likeness (QED) is 0.168. The van der Waals surface area contributed by atoms with E-state index < -0.39 is 0 Å². The first-order valence-electron chi connectivity index (χ1n) is 18.4. The Morgan fingerprint density at radius 2 is 1.10 bits per heavy atom. The summed E-state index contributed by atoms with van der Waals surface area (Å²) in [6.45, 7) is 25.4. The highest BCUT2D eigenvalue weighted by molar-refractivity contribution is 9.11. The number of fused-ring (bicyclic) bond motifs is 1. The van der Waals surface area contributed by atoms with Crippen LogP contribution in [0, 0.1) is 6.92 Å². The number of hydrogen-bond donors (Lipinski definition) is 0. The molecule has 52 heavy (non-hydrogen) atoms. The van der Waals surface area contributed by atoms with Crippen LogP contribution in [-0.4, -0.2) is 0 Å². The molecule has 1 aliphatic rings. The summed E-state index contributed by atoms with van der Waals surface area (Å²) >= 11 is 14.7. The van der Waals surface area contributed by atoms with Gasteiger partial charge in [-0.25, -0.2) is 0 Å². The molecule has 0 radical (unpaired) electrons. The first-order chi connectivity index (χ1) is 24.2. The van der Waals surface area contributed by atoms with Gasteiger partial charge in [0.25, 0.3) is 0 Å². The van der Waals surface area contributed by atoms with Crippen LogP contribution in [0.15, 0.2) is 106 Å². The van der Waals surface area contributed by atoms with Crippen molar-refractivity contribution < 1.29 is 0 Å². The van der Waals surface area contributed by atoms with Gasteiger partial charge in [-0.2, -0.15) is 0 Å². The maximum atomic E-state index is 6.46. The predicted octanol–water partition coefficient (Wildman–Crippen LogP) is 16.1. The number of rotatable bonds is 6. The van der Waals surface area contributed by atoms with Crippen molar-refractivity contribution in [1.29, 1.82) is 0 Å². The van der Waals surface area contributed by atoms with E-state index in [2.05, 4.69) is 203 Å². The SMILES string of the molecule is Cc1cc(N(c2ccc(Cl)cc2)c2cccc(C(C)(C)C)c2)c(Br)c(N(c2ccc3c(c2)C(C)(C)CCC3(C)C)c2cc(C(C)(C)C)ccc2Br)c1. The minimum atomic E-state index is -0.0264. The van der Waals surface area contributed by atoms with Gasteiger partial charge in [0, 0.05) is 26.6 Å². The van der Waals surface area contributed by atoms with E-state index in [4.69, 9.17) is 11.6 Å². The van der Waals surface area contributed by atoms with Crippen LogP contribution in [0.1, 0.15) is 110 Å². The third kappa shape index (κ3) is 7.63. The van der Waals surface area contributed by atoms with Gasteiger partial charge in [0.1, 0.15) is 0 Å². The molecule has 0 heterocycles. The Labute approximate surface area is 334 Å². The summed E-state index contributed by atoms with van der Waals surface area (Å²) < 4.78 is 2.04. The standard InChI is InChI=1S/C47H53Br2ClN2/c1-30-25-41(51(34-18-16-33(50)17-19-34)35-14-12-13-31(27-35)44(2,3)4)43(49)42(26-30)52(40-28-32(45(5,6)7)15-22-39(40)48)36-20-21-37-38(29-36)47(10,11)24-23-46(37,8)9/h12-22,25-29H,23-24H2,1-11H3. The molecule has 2 nitrogen and oxygen atoms in total. The first-order valence-corrected chi connectivity index (χ1v) is 20.4. The Kier molecular flexibility index (Phi) is 10.4. The summed E-state index contributed by atoms with van der Waals surface area (Å²) in [4.78, 5) is 4.80. The summed E-state index contributed by atoms with van der Waals surface area (Å²) in [5, 5.41) is 0.712. The Morgan fingerprint density at radius 1 is 0.558 bits per heavy atom. The third-order valence-corrected chi connectivity index (χ3v) is 12.6. The fourth-order valence-electron chi connectivity index (χ4n) is 7.46. The van der Waals surface area contributed by atoms with Gasteiger partial charge in [-0.3, -0.25) is 0 Å². The van der Waals surface area contributed by atoms with Gasteiger partial charge >= 0.3 is 0 Å². The highest BCUT2D eigenvalue weighted by Crippen LogP contribution is 2.52. The fraction of sp³-hybridized carbons (Fsp3) is 0.362. The number of hydrogen-bond acceptors (Lipinski definition) is 2. The van der Waals surface area contributed by atoms with Crippen LogP contribution in [0.5, 0.6) is 0 Å². The maximum absolute atomic E-state index is 6.46. The van der Waals surface area contributed by atoms with E-state index in [0.29, 0.717) is 5.02 Å². The van der Waals surface area contributed by atoms with Crippen LogP contribution in [0.4, 0.5) is 34.1 Å². The fourth-order valence-corrected chi connectivity index (χ4v) is 8.59. The summed E-state index contributed by atoms with van der Waals surface area (Å²) in [6.07, 6.45) is 2.33. The van der Waals surface area contributed by atoms with Crippen molar-refractivity contribution in [2.24, 2.45) is 0 Å². The van der Waals surface area contributed by atoms with Crippen molar-refractivity contribution in [3.05, 3.63) is 139 Å². The predicted molar refractivity (Wildman–Crippen MR) is 234 cm³/mol. The second-order valence-electron chi connectivity index (χ2n) is 18.0. The largest absolute Gasteiger partial charge is 0.309 e. The lowest BCUT2D eigenvalue weighted by Crippen LogP contribution is -2.34. The second-order valence-corrected chi connectivity index (χ2v) is 20.1. The molecular formula is C47H53Br2ClN2. The highest BCUT2D eigenvalue weighted by atomic mass is 79.9. The van der Waals surface area contributed by atoms with E-state index >= 15 is 0 Å². The summed E-state index contributed by atoms with van der Waals surface area (Å²) in [7, 11) is 0. The van der Waals surface area contributed by atoms with Gasteiger partial charge in [0.2, 0.25) is 0 Å². The van der Waals surface area contributed by atoms with Crippen LogP contribution in [-0.2, 0) is 21.7 Å². The molecule has 272 valence electrons. The zero-order valence-corrected chi connectivity index (χ0v) is 36.6. The molecule has 5 aromatic rings. The molecule has 0 bridgehead atoms. The van der Waals surface area contributed by atoms with Crippen LogP contribution < -0.4 is 9.80 Å². The van der Waals surface area contributed by atoms with E-state index in [-0.39, 0.29) is 21.7 Å². The topological polar surface area (TPSA) is 6.48 Å². The number of anilines is 6. The minimum Gasteiger partial charge on any atom is -0.309 e. The van der Waals surface area contributed by atoms with Gasteiger partial charge in [-0.1, -0.05) is 105 Å². The van der Waals surface area contributed by atoms with Gasteiger partial charge < -0.3 is 9.80 Å². The monoisotopic (exact) mass is 838 g/mol. The molecule has 6 rings (SSSR count). The number of halogens is 3. The van der Waals surface area contributed by atoms with Crippen LogP contribution in [0.25, 0.3) is 0 Å². The zero-order valence-electron chi connectivity index (χ0n) is 32.7. The molecule has 0 atom stereocenters. The van der Waals surface area contributed by atoms with Crippen molar-refractivity contribution >= 4 is 77.6 Å². The summed E-state index contributed by atoms with van der Waals surface area (Å²) in [6, 6.07) is 35.6. The molecule has 5 heteroatoms. The number of aryl methyl sites for hydroxylation is 1. The van der Waals surface area contributed by atoms with Crippen molar-refractivity contribution in [2.45, 2.75) is 111 Å². The molecule has 0 N–H and O–H groups in total. The molecule has 1 aliphatic carbocycles. The van der Waals surface area contributed by atoms with Gasteiger partial charge in [0.05, 0.1) is 21.5 Å². The summed E-state index contributed by atoms with van der Waals surface area (Å²) in [5.74, 6) is 0. The molecule has 0 amide bonds. The molecule has 0 aliphatic heterocycles. The molecule has 0 fully saturated rings. The lowest BCUT2D eigenvalue weighted by atomic mass is 9.63. The molecule has 5 aromatic carbocycles.